The van der Waals surface area contributed by atoms with Gasteiger partial charge >= 0.3 is 0 Å². The van der Waals surface area contributed by atoms with Gasteiger partial charge in [-0.15, -0.1) is 0 Å². The number of hydrazine groups is 1. The highest BCUT2D eigenvalue weighted by Crippen LogP contribution is 2.27. The van der Waals surface area contributed by atoms with Crippen LogP contribution in [0.25, 0.3) is 0 Å². The fraction of sp³-hybridized carbons (Fsp3) is 0.600. The molecule has 0 radical (unpaired) electrons. The van der Waals surface area contributed by atoms with Gasteiger partial charge in [0.05, 0.1) is 6.20 Å². The summed E-state index contributed by atoms with van der Waals surface area (Å²) in [7, 11) is 0. The van der Waals surface area contributed by atoms with Crippen molar-refractivity contribution in [3.05, 3.63) is 11.2 Å². The summed E-state index contributed by atoms with van der Waals surface area (Å²) in [6.45, 7) is 4.25. The highest BCUT2D eigenvalue weighted by Gasteiger charge is 2.19. The molecule has 16 heavy (non-hydrogen) atoms. The molecule has 0 aliphatic carbocycles. The van der Waals surface area contributed by atoms with Crippen molar-refractivity contribution in [3.8, 4) is 0 Å². The Bertz CT molecular complexity index is 362. The van der Waals surface area contributed by atoms with E-state index in [4.69, 9.17) is 17.4 Å². The van der Waals surface area contributed by atoms with E-state index in [1.807, 2.05) is 0 Å². The summed E-state index contributed by atoms with van der Waals surface area (Å²) < 4.78 is 0. The molecule has 1 aliphatic rings. The zero-order chi connectivity index (χ0) is 11.5. The highest BCUT2D eigenvalue weighted by atomic mass is 35.5. The van der Waals surface area contributed by atoms with Crippen molar-refractivity contribution in [1.29, 1.82) is 0 Å². The molecule has 0 saturated carbocycles. The topological polar surface area (TPSA) is 67.1 Å². The lowest BCUT2D eigenvalue weighted by Gasteiger charge is -2.31. The van der Waals surface area contributed by atoms with Gasteiger partial charge in [0.25, 0.3) is 0 Å². The zero-order valence-electron chi connectivity index (χ0n) is 9.28. The minimum Gasteiger partial charge on any atom is -0.355 e. The number of hydrogen-bond acceptors (Lipinski definition) is 5. The Balaban J connectivity index is 2.19. The number of piperidine rings is 1. The van der Waals surface area contributed by atoms with Gasteiger partial charge in [-0.3, -0.25) is 5.43 Å². The van der Waals surface area contributed by atoms with Gasteiger partial charge in [-0.2, -0.15) is 4.98 Å². The van der Waals surface area contributed by atoms with Crippen molar-refractivity contribution in [3.63, 3.8) is 0 Å². The lowest BCUT2D eigenvalue weighted by Crippen LogP contribution is -2.33. The smallest absolute Gasteiger partial charge is 0.239 e. The molecule has 1 fully saturated rings. The summed E-state index contributed by atoms with van der Waals surface area (Å²) in [6, 6.07) is 0. The van der Waals surface area contributed by atoms with Crippen LogP contribution >= 0.6 is 11.6 Å². The molecule has 88 valence electrons. The van der Waals surface area contributed by atoms with Crippen molar-refractivity contribution < 1.29 is 0 Å². The van der Waals surface area contributed by atoms with Gasteiger partial charge in [-0.05, 0) is 18.8 Å². The largest absolute Gasteiger partial charge is 0.355 e. The number of nitrogens with zero attached hydrogens (tertiary/aromatic N) is 3. The Labute approximate surface area is 100.0 Å². The van der Waals surface area contributed by atoms with Crippen LogP contribution in [0.15, 0.2) is 6.20 Å². The predicted molar refractivity (Wildman–Crippen MR) is 65.5 cm³/mol. The first-order chi connectivity index (χ1) is 7.70. The van der Waals surface area contributed by atoms with Crippen LogP contribution in [-0.4, -0.2) is 23.1 Å². The fourth-order valence-corrected chi connectivity index (χ4v) is 2.08. The van der Waals surface area contributed by atoms with E-state index in [1.165, 1.54) is 12.8 Å². The van der Waals surface area contributed by atoms with Crippen molar-refractivity contribution in [2.24, 2.45) is 11.8 Å². The number of aromatic nitrogens is 2. The van der Waals surface area contributed by atoms with E-state index in [-0.39, 0.29) is 0 Å². The van der Waals surface area contributed by atoms with E-state index >= 15 is 0 Å². The van der Waals surface area contributed by atoms with Crippen LogP contribution in [0.3, 0.4) is 0 Å². The van der Waals surface area contributed by atoms with Crippen molar-refractivity contribution in [1.82, 2.24) is 9.97 Å². The van der Waals surface area contributed by atoms with Crippen LogP contribution in [0.2, 0.25) is 5.02 Å². The van der Waals surface area contributed by atoms with E-state index in [2.05, 4.69) is 27.2 Å². The number of nitrogens with one attached hydrogen (secondary N) is 1. The number of anilines is 2. The van der Waals surface area contributed by atoms with E-state index in [9.17, 15) is 0 Å². The van der Waals surface area contributed by atoms with E-state index in [0.717, 1.165) is 24.8 Å². The van der Waals surface area contributed by atoms with E-state index < -0.39 is 0 Å². The first-order valence-corrected chi connectivity index (χ1v) is 5.82. The average Bonchev–Trinajstić information content (AvgIpc) is 2.31. The molecule has 3 N–H and O–H groups in total. The van der Waals surface area contributed by atoms with E-state index in [1.54, 1.807) is 6.20 Å². The molecular weight excluding hydrogens is 226 g/mol. The lowest BCUT2D eigenvalue weighted by atomic mass is 9.99. The first-order valence-electron chi connectivity index (χ1n) is 5.45. The summed E-state index contributed by atoms with van der Waals surface area (Å²) >= 11 is 6.09. The first kappa shape index (κ1) is 11.4. The maximum atomic E-state index is 6.09. The van der Waals surface area contributed by atoms with Crippen LogP contribution < -0.4 is 16.2 Å². The van der Waals surface area contributed by atoms with Crippen LogP contribution in [0.1, 0.15) is 19.8 Å². The van der Waals surface area contributed by atoms with Crippen molar-refractivity contribution in [2.75, 3.05) is 23.4 Å². The SMILES string of the molecule is CC1CCN(c2nc(NN)ncc2Cl)CC1. The summed E-state index contributed by atoms with van der Waals surface area (Å²) in [5, 5.41) is 0.577. The third-order valence-electron chi connectivity index (χ3n) is 2.94. The third-order valence-corrected chi connectivity index (χ3v) is 3.20. The standard InChI is InChI=1S/C10H16ClN5/c1-7-2-4-16(5-3-7)9-8(11)6-13-10(14-9)15-12/h6-7H,2-5,12H2,1H3,(H,13,14,15). The van der Waals surface area contributed by atoms with Crippen LogP contribution in [0, 0.1) is 5.92 Å². The number of rotatable bonds is 2. The third kappa shape index (κ3) is 2.36. The van der Waals surface area contributed by atoms with E-state index in [0.29, 0.717) is 11.0 Å². The second-order valence-corrected chi connectivity index (χ2v) is 4.59. The number of nitrogen functional groups attached to an aromatic ring is 1. The Morgan fingerprint density at radius 1 is 1.50 bits per heavy atom. The molecule has 1 saturated heterocycles. The second-order valence-electron chi connectivity index (χ2n) is 4.18. The van der Waals surface area contributed by atoms with Gasteiger partial charge in [0.1, 0.15) is 5.02 Å². The Kier molecular flexibility index (Phi) is 3.46. The van der Waals surface area contributed by atoms with Gasteiger partial charge in [0, 0.05) is 13.1 Å². The van der Waals surface area contributed by atoms with Crippen molar-refractivity contribution in [2.45, 2.75) is 19.8 Å². The average molecular weight is 242 g/mol. The normalized spacial score (nSPS) is 17.6. The highest BCUT2D eigenvalue weighted by molar-refractivity contribution is 6.32. The van der Waals surface area contributed by atoms with Gasteiger partial charge in [-0.1, -0.05) is 18.5 Å². The number of halogens is 1. The second kappa shape index (κ2) is 4.84. The molecule has 5 nitrogen and oxygen atoms in total. The molecular formula is C10H16ClN5. The fourth-order valence-electron chi connectivity index (χ4n) is 1.87. The number of hydrogen-bond donors (Lipinski definition) is 2. The van der Waals surface area contributed by atoms with Crippen LogP contribution in [0.4, 0.5) is 11.8 Å². The Morgan fingerprint density at radius 3 is 2.81 bits per heavy atom. The Morgan fingerprint density at radius 2 is 2.19 bits per heavy atom. The summed E-state index contributed by atoms with van der Waals surface area (Å²) in [4.78, 5) is 10.4. The molecule has 1 aromatic heterocycles. The monoisotopic (exact) mass is 241 g/mol. The molecule has 1 aliphatic heterocycles. The summed E-state index contributed by atoms with van der Waals surface area (Å²) in [5.74, 6) is 7.24. The van der Waals surface area contributed by atoms with Gasteiger partial charge in [0.2, 0.25) is 5.95 Å². The molecule has 6 heteroatoms. The molecule has 0 aromatic carbocycles. The van der Waals surface area contributed by atoms with Crippen molar-refractivity contribution >= 4 is 23.4 Å². The quantitative estimate of drug-likeness (QED) is 0.609. The summed E-state index contributed by atoms with van der Waals surface area (Å²) in [5.41, 5.74) is 2.43. The minimum absolute atomic E-state index is 0.401. The molecule has 1 aromatic rings. The van der Waals surface area contributed by atoms with Crippen LogP contribution in [0.5, 0.6) is 0 Å². The zero-order valence-corrected chi connectivity index (χ0v) is 10.0. The number of nitrogens with two attached hydrogens (primary N) is 1. The van der Waals surface area contributed by atoms with Gasteiger partial charge in [-0.25, -0.2) is 10.8 Å². The molecule has 0 amide bonds. The maximum absolute atomic E-state index is 6.09. The molecule has 0 bridgehead atoms. The Hall–Kier alpha value is -1.07. The van der Waals surface area contributed by atoms with Crippen LogP contribution in [-0.2, 0) is 0 Å². The minimum atomic E-state index is 0.401. The maximum Gasteiger partial charge on any atom is 0.239 e. The molecule has 0 unspecified atom stereocenters. The molecule has 0 atom stereocenters. The van der Waals surface area contributed by atoms with Gasteiger partial charge in [0.15, 0.2) is 5.82 Å². The lowest BCUT2D eigenvalue weighted by molar-refractivity contribution is 0.436. The molecule has 0 spiro atoms. The predicted octanol–water partition coefficient (Wildman–Crippen LogP) is 1.65. The molecule has 2 heterocycles. The summed E-state index contributed by atoms with van der Waals surface area (Å²) in [6.07, 6.45) is 3.93. The van der Waals surface area contributed by atoms with Gasteiger partial charge < -0.3 is 4.90 Å². The molecule has 2 rings (SSSR count).